The van der Waals surface area contributed by atoms with Crippen molar-refractivity contribution >= 4 is 30.2 Å². The Balaban J connectivity index is 1.42. The summed E-state index contributed by atoms with van der Waals surface area (Å²) in [7, 11) is 0. The van der Waals surface area contributed by atoms with Gasteiger partial charge in [-0.3, -0.25) is 14.4 Å². The largest absolute Gasteiger partial charge is 0.477 e. The molecule has 6 aliphatic rings. The number of hydrogen-bond donors (Lipinski definition) is 25. The maximum Gasteiger partial charge on any atom is 0.364 e. The molecule has 33 atom stereocenters. The lowest BCUT2D eigenvalue weighted by Gasteiger charge is -2.53. The Morgan fingerprint density at radius 3 is 1.43 bits per heavy atom. The Morgan fingerprint density at radius 2 is 0.924 bits per heavy atom. The van der Waals surface area contributed by atoms with E-state index < -0.39 is 291 Å². The zero-order valence-electron chi connectivity index (χ0n) is 48.8. The zero-order chi connectivity index (χ0) is 68.6. The van der Waals surface area contributed by atoms with Gasteiger partial charge in [-0.2, -0.15) is 0 Å². The van der Waals surface area contributed by atoms with Gasteiger partial charge >= 0.3 is 11.9 Å². The number of aliphatic hydroxyl groups excluding tert-OH is 20. The molecular weight excluding hydrogens is 1270 g/mol. The van der Waals surface area contributed by atoms with Crippen molar-refractivity contribution in [1.29, 1.82) is 0 Å². The molecule has 25 N–H and O–H groups in total. The summed E-state index contributed by atoms with van der Waals surface area (Å²) in [5.41, 5.74) is 0. The molecule has 532 valence electrons. The molecule has 6 aliphatic heterocycles. The summed E-state index contributed by atoms with van der Waals surface area (Å²) in [6.07, 6.45) is -65.5. The lowest BCUT2D eigenvalue weighted by atomic mass is 9.88. The van der Waals surface area contributed by atoms with Crippen molar-refractivity contribution in [2.45, 2.75) is 228 Å². The molecule has 3 amide bonds. The topological polar surface area (TPSA) is 677 Å². The second kappa shape index (κ2) is 33.4. The van der Waals surface area contributed by atoms with Gasteiger partial charge in [-0.05, 0) is 0 Å². The second-order valence-electron chi connectivity index (χ2n) is 22.6. The van der Waals surface area contributed by atoms with Gasteiger partial charge in [0.15, 0.2) is 25.2 Å². The summed E-state index contributed by atoms with van der Waals surface area (Å²) in [5.74, 6) is -13.2. The lowest BCUT2D eigenvalue weighted by molar-refractivity contribution is -0.405. The third-order valence-electron chi connectivity index (χ3n) is 16.1. The Morgan fingerprint density at radius 1 is 0.489 bits per heavy atom. The predicted molar refractivity (Wildman–Crippen MR) is 281 cm³/mol. The average Bonchev–Trinajstić information content (AvgIpc) is 0.766. The minimum Gasteiger partial charge on any atom is -0.477 e. The van der Waals surface area contributed by atoms with Crippen LogP contribution < -0.4 is 16.0 Å². The molecule has 0 spiro atoms. The third kappa shape index (κ3) is 16.9. The Bertz CT molecular complexity index is 2380. The van der Waals surface area contributed by atoms with Gasteiger partial charge in [0.2, 0.25) is 18.2 Å². The normalized spacial score (nSPS) is 43.5. The number of ether oxygens (including phenoxy) is 12. The molecule has 0 radical (unpaired) electrons. The molecule has 92 heavy (non-hydrogen) atoms. The number of nitrogens with one attached hydrogen (secondary N) is 3. The van der Waals surface area contributed by atoms with E-state index in [1.54, 1.807) is 0 Å². The van der Waals surface area contributed by atoms with E-state index in [4.69, 9.17) is 56.8 Å². The van der Waals surface area contributed by atoms with Crippen LogP contribution >= 0.6 is 0 Å². The lowest BCUT2D eigenvalue weighted by Crippen LogP contribution is -2.72. The number of aliphatic hydroxyl groups is 20. The highest BCUT2D eigenvalue weighted by atomic mass is 16.8. The summed E-state index contributed by atoms with van der Waals surface area (Å²) < 4.78 is 69.6. The molecule has 0 aromatic heterocycles. The number of carboxylic acids is 2. The fraction of sp³-hybridized carbons (Fsp3) is 0.900. The van der Waals surface area contributed by atoms with Crippen molar-refractivity contribution in [2.75, 3.05) is 52.9 Å². The SMILES string of the molecule is CC(=O)N[C@H]1[C@H](O[C@@H]2[C@H](O[C@]3(C(=O)O)C[C@H](O)[C@@H](NC(C)=O)[C@H]([C@H](O)[C@H](O)CO)O3)[C@@H](O)[C@H](O[C@H]3[C@H](O)[C@@H](O)[C@H](OC[C@@H](CO)NC=O)O[C@@H]3CO)O[C@@H]2CO)O[C@H](CO)[C@H](O)[C@@H]1O[C@@H]1O[C@H](CO)[C@H](O)[C@H](O[C@]2(C(=O)O)C[C@H](O)[C@@H](O)[C@H]([C@H](O)[C@H](O)CO)O2)[C@H]1O. The van der Waals surface area contributed by atoms with E-state index >= 15 is 0 Å². The van der Waals surface area contributed by atoms with Crippen LogP contribution in [0.3, 0.4) is 0 Å². The molecule has 0 aliphatic carbocycles. The molecule has 42 heteroatoms. The van der Waals surface area contributed by atoms with Crippen molar-refractivity contribution in [3.05, 3.63) is 0 Å². The Hall–Kier alpha value is -3.93. The molecule has 0 aromatic rings. The van der Waals surface area contributed by atoms with Crippen LogP contribution in [0, 0.1) is 0 Å². The van der Waals surface area contributed by atoms with E-state index in [-0.39, 0.29) is 6.41 Å². The van der Waals surface area contributed by atoms with Gasteiger partial charge in [-0.25, -0.2) is 9.59 Å². The maximum absolute atomic E-state index is 13.7. The molecule has 6 saturated heterocycles. The van der Waals surface area contributed by atoms with Crippen LogP contribution in [0.2, 0.25) is 0 Å². The third-order valence-corrected chi connectivity index (χ3v) is 16.1. The summed E-state index contributed by atoms with van der Waals surface area (Å²) in [4.78, 5) is 63.3. The molecular formula is C50H83N3O39. The summed E-state index contributed by atoms with van der Waals surface area (Å²) in [6.45, 7) is -6.86. The number of carbonyl (C=O) groups excluding carboxylic acids is 3. The minimum atomic E-state index is -3.47. The monoisotopic (exact) mass is 1350 g/mol. The van der Waals surface area contributed by atoms with Crippen molar-refractivity contribution in [2.24, 2.45) is 0 Å². The van der Waals surface area contributed by atoms with E-state index in [2.05, 4.69) is 16.0 Å². The highest BCUT2D eigenvalue weighted by Crippen LogP contribution is 2.42. The van der Waals surface area contributed by atoms with Gasteiger partial charge in [0.05, 0.1) is 77.1 Å². The van der Waals surface area contributed by atoms with Gasteiger partial charge in [-0.15, -0.1) is 0 Å². The maximum atomic E-state index is 13.7. The van der Waals surface area contributed by atoms with Crippen LogP contribution in [-0.2, 0) is 80.8 Å². The number of rotatable bonds is 30. The number of hydrogen-bond acceptors (Lipinski definition) is 37. The van der Waals surface area contributed by atoms with E-state index in [1.807, 2.05) is 0 Å². The number of carboxylic acid groups (broad SMARTS) is 2. The molecule has 42 nitrogen and oxygen atoms in total. The van der Waals surface area contributed by atoms with Gasteiger partial charge in [0.1, 0.15) is 140 Å². The van der Waals surface area contributed by atoms with E-state index in [9.17, 15) is 136 Å². The molecule has 0 unspecified atom stereocenters. The Labute approximate surface area is 519 Å². The number of carbonyl (C=O) groups is 5. The second-order valence-corrected chi connectivity index (χ2v) is 22.6. The van der Waals surface area contributed by atoms with Crippen molar-refractivity contribution in [3.8, 4) is 0 Å². The molecule has 6 heterocycles. The number of amides is 3. The van der Waals surface area contributed by atoms with E-state index in [0.29, 0.717) is 0 Å². The summed E-state index contributed by atoms with van der Waals surface area (Å²) in [6, 6.07) is -5.05. The molecule has 0 aromatic carbocycles. The fourth-order valence-electron chi connectivity index (χ4n) is 11.3. The van der Waals surface area contributed by atoms with Crippen LogP contribution in [0.25, 0.3) is 0 Å². The highest BCUT2D eigenvalue weighted by molar-refractivity contribution is 5.77. The zero-order valence-corrected chi connectivity index (χ0v) is 48.8. The molecule has 0 bridgehead atoms. The van der Waals surface area contributed by atoms with E-state index in [1.165, 1.54) is 0 Å². The standard InChI is InChI=1S/C50H83N3O39/c1-14(62)52-25-17(64)3-49(47(77)78,89-39(25)28(69)19(66)6-55)92-42-35(76)46(86-36-23(10-59)84-44(33(74)32(36)73)81-12-16(5-54)51-13-61)85-24(11-60)37(42)87-43-26(53-15(2)63)38(30(71)21(8-57)82-43)88-45-34(75)41(31(72)22(9-58)83-45)91-50(48(79)80)4-18(65)27(68)40(90-50)29(70)20(67)7-56/h13,16-46,54-60,64-76H,3-12H2,1-2H3,(H,51,61)(H,52,62)(H,53,63)(H,77,78)(H,79,80)/t16-,17+,18+,19-,20-,21-,22-,23-,24-,25-,26-,27-,28-,29-,30+,31+,32-,33-,34-,35-,36-,37+,38-,39-,40-,41+,42-,43+,44-,45+,46+,49+,50+/m1/s1. The first kappa shape index (κ1) is 77.1. The first-order valence-electron chi connectivity index (χ1n) is 28.6. The van der Waals surface area contributed by atoms with Crippen LogP contribution in [-0.4, -0.2) is 397 Å². The van der Waals surface area contributed by atoms with Crippen LogP contribution in [0.15, 0.2) is 0 Å². The van der Waals surface area contributed by atoms with Crippen LogP contribution in [0.4, 0.5) is 0 Å². The van der Waals surface area contributed by atoms with Crippen LogP contribution in [0.1, 0.15) is 26.7 Å². The van der Waals surface area contributed by atoms with E-state index in [0.717, 1.165) is 13.8 Å². The first-order valence-corrected chi connectivity index (χ1v) is 28.6. The number of aliphatic carboxylic acids is 2. The first-order chi connectivity index (χ1) is 43.4. The predicted octanol–water partition coefficient (Wildman–Crippen LogP) is -16.3. The highest BCUT2D eigenvalue weighted by Gasteiger charge is 2.64. The fourth-order valence-corrected chi connectivity index (χ4v) is 11.3. The van der Waals surface area contributed by atoms with Gasteiger partial charge in [-0.1, -0.05) is 0 Å². The van der Waals surface area contributed by atoms with Gasteiger partial charge in [0.25, 0.3) is 11.6 Å². The summed E-state index contributed by atoms with van der Waals surface area (Å²) >= 11 is 0. The van der Waals surface area contributed by atoms with Crippen LogP contribution in [0.5, 0.6) is 0 Å². The van der Waals surface area contributed by atoms with Crippen molar-refractivity contribution in [1.82, 2.24) is 16.0 Å². The van der Waals surface area contributed by atoms with Gasteiger partial charge in [0, 0.05) is 26.7 Å². The van der Waals surface area contributed by atoms with Gasteiger partial charge < -0.3 is 185 Å². The minimum absolute atomic E-state index is 0.213. The van der Waals surface area contributed by atoms with Crippen molar-refractivity contribution < 1.29 is 193 Å². The molecule has 0 saturated carbocycles. The summed E-state index contributed by atoms with van der Waals surface area (Å²) in [5, 5.41) is 246. The van der Waals surface area contributed by atoms with Crippen molar-refractivity contribution in [3.63, 3.8) is 0 Å². The average molecular weight is 1350 g/mol. The molecule has 6 rings (SSSR count). The molecule has 6 fully saturated rings. The Kier molecular flexibility index (Phi) is 27.9. The smallest absolute Gasteiger partial charge is 0.364 e. The quantitative estimate of drug-likeness (QED) is 0.0297.